The standard InChI is InChI=1S/C20H31N5/c1-16-6-5-9-20(12-16,24(2)3)15-22-13-18-14-25(4)23-19(18)17-7-10-21-11-8-17/h7-8,10-11,14,16,22H,5-6,9,12-13,15H2,1-4H3/t16-,20+/m0/s1. The van der Waals surface area contributed by atoms with Gasteiger partial charge in [-0.05, 0) is 45.0 Å². The summed E-state index contributed by atoms with van der Waals surface area (Å²) in [6.07, 6.45) is 11.0. The SMILES string of the molecule is C[C@H]1CCC[C@@](CNCc2cn(C)nc2-c2ccncc2)(N(C)C)C1. The monoisotopic (exact) mass is 341 g/mol. The zero-order valence-electron chi connectivity index (χ0n) is 16.0. The molecular weight excluding hydrogens is 310 g/mol. The molecule has 0 spiro atoms. The molecule has 0 aliphatic heterocycles. The average Bonchev–Trinajstić information content (AvgIpc) is 2.96. The number of hydrogen-bond acceptors (Lipinski definition) is 4. The van der Waals surface area contributed by atoms with Crippen LogP contribution in [0.4, 0.5) is 0 Å². The summed E-state index contributed by atoms with van der Waals surface area (Å²) in [4.78, 5) is 6.54. The van der Waals surface area contributed by atoms with E-state index in [2.05, 4.69) is 47.5 Å². The van der Waals surface area contributed by atoms with Gasteiger partial charge in [-0.15, -0.1) is 0 Å². The summed E-state index contributed by atoms with van der Waals surface area (Å²) in [6, 6.07) is 4.05. The highest BCUT2D eigenvalue weighted by molar-refractivity contribution is 5.61. The van der Waals surface area contributed by atoms with Crippen LogP contribution in [0, 0.1) is 5.92 Å². The lowest BCUT2D eigenvalue weighted by Gasteiger charge is -2.45. The van der Waals surface area contributed by atoms with Crippen LogP contribution in [0.5, 0.6) is 0 Å². The molecule has 1 aliphatic rings. The Hall–Kier alpha value is -1.72. The van der Waals surface area contributed by atoms with Crippen molar-refractivity contribution in [1.82, 2.24) is 25.0 Å². The lowest BCUT2D eigenvalue weighted by Crippen LogP contribution is -2.54. The molecule has 3 rings (SSSR count). The molecule has 5 nitrogen and oxygen atoms in total. The van der Waals surface area contributed by atoms with Crippen molar-refractivity contribution < 1.29 is 0 Å². The minimum absolute atomic E-state index is 0.275. The van der Waals surface area contributed by atoms with E-state index < -0.39 is 0 Å². The minimum Gasteiger partial charge on any atom is -0.311 e. The zero-order chi connectivity index (χ0) is 17.9. The highest BCUT2D eigenvalue weighted by Gasteiger charge is 2.36. The van der Waals surface area contributed by atoms with Crippen LogP contribution in [-0.2, 0) is 13.6 Å². The van der Waals surface area contributed by atoms with Crippen molar-refractivity contribution in [2.24, 2.45) is 13.0 Å². The van der Waals surface area contributed by atoms with E-state index in [1.54, 1.807) is 0 Å². The molecule has 5 heteroatoms. The van der Waals surface area contributed by atoms with E-state index in [0.717, 1.165) is 30.3 Å². The van der Waals surface area contributed by atoms with Gasteiger partial charge in [-0.3, -0.25) is 9.67 Å². The van der Waals surface area contributed by atoms with Gasteiger partial charge in [-0.25, -0.2) is 0 Å². The number of likely N-dealkylation sites (N-methyl/N-ethyl adjacent to an activating group) is 1. The molecule has 136 valence electrons. The fourth-order valence-electron chi connectivity index (χ4n) is 4.21. The first-order valence-corrected chi connectivity index (χ1v) is 9.31. The van der Waals surface area contributed by atoms with E-state index in [0.29, 0.717) is 0 Å². The van der Waals surface area contributed by atoms with Crippen molar-refractivity contribution >= 4 is 0 Å². The summed E-state index contributed by atoms with van der Waals surface area (Å²) in [6.45, 7) is 4.25. The van der Waals surface area contributed by atoms with Crippen molar-refractivity contribution in [3.8, 4) is 11.3 Å². The molecule has 0 unspecified atom stereocenters. The summed E-state index contributed by atoms with van der Waals surface area (Å²) >= 11 is 0. The van der Waals surface area contributed by atoms with Gasteiger partial charge in [0.2, 0.25) is 0 Å². The van der Waals surface area contributed by atoms with E-state index in [4.69, 9.17) is 0 Å². The fraction of sp³-hybridized carbons (Fsp3) is 0.600. The fourth-order valence-corrected chi connectivity index (χ4v) is 4.21. The molecule has 0 radical (unpaired) electrons. The molecule has 1 saturated carbocycles. The molecule has 2 aromatic heterocycles. The predicted molar refractivity (Wildman–Crippen MR) is 102 cm³/mol. The first kappa shape index (κ1) is 18.1. The van der Waals surface area contributed by atoms with Gasteiger partial charge in [0.25, 0.3) is 0 Å². The maximum absolute atomic E-state index is 4.65. The Morgan fingerprint density at radius 3 is 2.76 bits per heavy atom. The van der Waals surface area contributed by atoms with Crippen LogP contribution >= 0.6 is 0 Å². The summed E-state index contributed by atoms with van der Waals surface area (Å²) in [5.41, 5.74) is 3.69. The number of nitrogens with zero attached hydrogens (tertiary/aromatic N) is 4. The molecule has 0 saturated heterocycles. The van der Waals surface area contributed by atoms with Crippen molar-refractivity contribution in [2.45, 2.75) is 44.7 Å². The van der Waals surface area contributed by atoms with Crippen molar-refractivity contribution in [1.29, 1.82) is 0 Å². The van der Waals surface area contributed by atoms with Gasteiger partial charge in [0.15, 0.2) is 0 Å². The van der Waals surface area contributed by atoms with Gasteiger partial charge in [-0.2, -0.15) is 5.10 Å². The van der Waals surface area contributed by atoms with Crippen LogP contribution in [0.15, 0.2) is 30.7 Å². The molecule has 0 amide bonds. The maximum Gasteiger partial charge on any atom is 0.0969 e. The first-order valence-electron chi connectivity index (χ1n) is 9.31. The Kier molecular flexibility index (Phi) is 5.54. The Labute approximate surface area is 151 Å². The molecule has 2 aromatic rings. The molecule has 1 fully saturated rings. The Balaban J connectivity index is 1.70. The third kappa shape index (κ3) is 4.10. The second-order valence-electron chi connectivity index (χ2n) is 7.84. The summed E-state index contributed by atoms with van der Waals surface area (Å²) < 4.78 is 1.90. The molecular formula is C20H31N5. The summed E-state index contributed by atoms with van der Waals surface area (Å²) in [5, 5.41) is 8.38. The zero-order valence-corrected chi connectivity index (χ0v) is 16.0. The quantitative estimate of drug-likeness (QED) is 0.877. The number of rotatable bonds is 6. The van der Waals surface area contributed by atoms with Crippen LogP contribution in [-0.4, -0.2) is 45.8 Å². The van der Waals surface area contributed by atoms with E-state index in [1.165, 1.54) is 31.2 Å². The number of nitrogens with one attached hydrogen (secondary N) is 1. The molecule has 2 atom stereocenters. The minimum atomic E-state index is 0.275. The van der Waals surface area contributed by atoms with Crippen LogP contribution in [0.3, 0.4) is 0 Å². The lowest BCUT2D eigenvalue weighted by atomic mass is 9.75. The molecule has 25 heavy (non-hydrogen) atoms. The van der Waals surface area contributed by atoms with Crippen LogP contribution in [0.2, 0.25) is 0 Å². The average molecular weight is 342 g/mol. The second kappa shape index (κ2) is 7.67. The highest BCUT2D eigenvalue weighted by Crippen LogP contribution is 2.35. The third-order valence-electron chi connectivity index (χ3n) is 5.64. The van der Waals surface area contributed by atoms with E-state index in [1.807, 2.05) is 36.3 Å². The molecule has 2 heterocycles. The Morgan fingerprint density at radius 2 is 2.08 bits per heavy atom. The van der Waals surface area contributed by atoms with Crippen LogP contribution in [0.1, 0.15) is 38.2 Å². The van der Waals surface area contributed by atoms with E-state index >= 15 is 0 Å². The number of hydrogen-bond donors (Lipinski definition) is 1. The molecule has 0 aromatic carbocycles. The molecule has 0 bridgehead atoms. The summed E-state index contributed by atoms with van der Waals surface area (Å²) in [7, 11) is 6.44. The van der Waals surface area contributed by atoms with E-state index in [9.17, 15) is 0 Å². The van der Waals surface area contributed by atoms with Crippen molar-refractivity contribution in [3.63, 3.8) is 0 Å². The van der Waals surface area contributed by atoms with Crippen LogP contribution in [0.25, 0.3) is 11.3 Å². The normalized spacial score (nSPS) is 24.0. The van der Waals surface area contributed by atoms with Crippen molar-refractivity contribution in [2.75, 3.05) is 20.6 Å². The predicted octanol–water partition coefficient (Wildman–Crippen LogP) is 3.08. The second-order valence-corrected chi connectivity index (χ2v) is 7.84. The number of aromatic nitrogens is 3. The smallest absolute Gasteiger partial charge is 0.0969 e. The van der Waals surface area contributed by atoms with Crippen LogP contribution < -0.4 is 5.32 Å². The first-order chi connectivity index (χ1) is 12.0. The topological polar surface area (TPSA) is 46.0 Å². The third-order valence-corrected chi connectivity index (χ3v) is 5.64. The van der Waals surface area contributed by atoms with E-state index in [-0.39, 0.29) is 5.54 Å². The molecule has 1 N–H and O–H groups in total. The maximum atomic E-state index is 4.65. The van der Waals surface area contributed by atoms with Gasteiger partial charge in [0.05, 0.1) is 5.69 Å². The summed E-state index contributed by atoms with van der Waals surface area (Å²) in [5.74, 6) is 0.809. The largest absolute Gasteiger partial charge is 0.311 e. The lowest BCUT2D eigenvalue weighted by molar-refractivity contribution is 0.0750. The number of aryl methyl sites for hydroxylation is 1. The Morgan fingerprint density at radius 1 is 1.32 bits per heavy atom. The highest BCUT2D eigenvalue weighted by atomic mass is 15.3. The van der Waals surface area contributed by atoms with Gasteiger partial charge in [-0.1, -0.05) is 19.8 Å². The van der Waals surface area contributed by atoms with Crippen molar-refractivity contribution in [3.05, 3.63) is 36.3 Å². The van der Waals surface area contributed by atoms with Gasteiger partial charge in [0.1, 0.15) is 0 Å². The van der Waals surface area contributed by atoms with Gasteiger partial charge >= 0.3 is 0 Å². The molecule has 1 aliphatic carbocycles. The Bertz CT molecular complexity index is 679. The van der Waals surface area contributed by atoms with Gasteiger partial charge < -0.3 is 10.2 Å². The van der Waals surface area contributed by atoms with Gasteiger partial charge in [0, 0.05) is 55.4 Å². The number of pyridine rings is 1.